The van der Waals surface area contributed by atoms with Crippen molar-refractivity contribution in [2.75, 3.05) is 13.2 Å². The molecular formula is C18H19NO3S. The van der Waals surface area contributed by atoms with Crippen molar-refractivity contribution in [3.8, 4) is 0 Å². The lowest BCUT2D eigenvalue weighted by Crippen LogP contribution is -2.33. The molecule has 0 spiro atoms. The van der Waals surface area contributed by atoms with E-state index in [-0.39, 0.29) is 12.5 Å². The molecule has 0 aliphatic carbocycles. The van der Waals surface area contributed by atoms with Gasteiger partial charge in [0.25, 0.3) is 5.91 Å². The van der Waals surface area contributed by atoms with Crippen molar-refractivity contribution >= 4 is 29.3 Å². The maximum Gasteiger partial charge on any atom is 0.331 e. The first-order valence-electron chi connectivity index (χ1n) is 7.39. The maximum absolute atomic E-state index is 12.1. The molecular weight excluding hydrogens is 310 g/mol. The van der Waals surface area contributed by atoms with Crippen molar-refractivity contribution in [2.45, 2.75) is 13.5 Å². The van der Waals surface area contributed by atoms with E-state index in [9.17, 15) is 9.59 Å². The molecule has 0 unspecified atom stereocenters. The van der Waals surface area contributed by atoms with E-state index in [0.29, 0.717) is 13.1 Å². The second-order valence-corrected chi connectivity index (χ2v) is 5.83. The van der Waals surface area contributed by atoms with Crippen molar-refractivity contribution in [1.82, 2.24) is 4.90 Å². The predicted molar refractivity (Wildman–Crippen MR) is 91.8 cm³/mol. The number of rotatable bonds is 7. The van der Waals surface area contributed by atoms with Crippen molar-refractivity contribution in [2.24, 2.45) is 0 Å². The van der Waals surface area contributed by atoms with Crippen LogP contribution in [0.15, 0.2) is 53.9 Å². The maximum atomic E-state index is 12.1. The van der Waals surface area contributed by atoms with E-state index in [1.807, 2.05) is 54.8 Å². The Morgan fingerprint density at radius 2 is 1.96 bits per heavy atom. The summed E-state index contributed by atoms with van der Waals surface area (Å²) in [5.41, 5.74) is 1.05. The number of carbonyl (C=O) groups is 2. The van der Waals surface area contributed by atoms with Gasteiger partial charge in [0.15, 0.2) is 6.61 Å². The lowest BCUT2D eigenvalue weighted by atomic mass is 10.2. The highest BCUT2D eigenvalue weighted by molar-refractivity contribution is 7.10. The Labute approximate surface area is 140 Å². The number of ether oxygens (including phenoxy) is 1. The van der Waals surface area contributed by atoms with E-state index >= 15 is 0 Å². The molecule has 0 aliphatic rings. The molecule has 0 radical (unpaired) electrons. The van der Waals surface area contributed by atoms with Crippen LogP contribution >= 0.6 is 11.3 Å². The summed E-state index contributed by atoms with van der Waals surface area (Å²) in [6.07, 6.45) is 3.02. The largest absolute Gasteiger partial charge is 0.452 e. The molecule has 0 bridgehead atoms. The molecule has 5 heteroatoms. The number of benzene rings is 1. The van der Waals surface area contributed by atoms with Crippen LogP contribution in [-0.4, -0.2) is 29.9 Å². The SMILES string of the molecule is CCN(Cc1ccccc1)C(=O)COC(=O)/C=C/c1cccs1. The highest BCUT2D eigenvalue weighted by Crippen LogP contribution is 2.10. The average Bonchev–Trinajstić information content (AvgIpc) is 3.10. The number of hydrogen-bond donors (Lipinski definition) is 0. The fourth-order valence-corrected chi connectivity index (χ4v) is 2.61. The van der Waals surface area contributed by atoms with Gasteiger partial charge < -0.3 is 9.64 Å². The van der Waals surface area contributed by atoms with Gasteiger partial charge in [0.05, 0.1) is 0 Å². The van der Waals surface area contributed by atoms with Gasteiger partial charge in [-0.3, -0.25) is 4.79 Å². The molecule has 23 heavy (non-hydrogen) atoms. The first kappa shape index (κ1) is 17.0. The summed E-state index contributed by atoms with van der Waals surface area (Å²) in [5, 5.41) is 1.93. The average molecular weight is 329 g/mol. The highest BCUT2D eigenvalue weighted by Gasteiger charge is 2.13. The Kier molecular flexibility index (Phi) is 6.56. The molecule has 1 heterocycles. The van der Waals surface area contributed by atoms with Crippen LogP contribution in [0.1, 0.15) is 17.4 Å². The van der Waals surface area contributed by atoms with Crippen molar-refractivity contribution in [3.05, 3.63) is 64.4 Å². The fraction of sp³-hybridized carbons (Fsp3) is 0.222. The normalized spacial score (nSPS) is 10.7. The summed E-state index contributed by atoms with van der Waals surface area (Å²) >= 11 is 1.53. The van der Waals surface area contributed by atoms with Gasteiger partial charge >= 0.3 is 5.97 Å². The third kappa shape index (κ3) is 5.71. The van der Waals surface area contributed by atoms with Gasteiger partial charge in [0, 0.05) is 24.0 Å². The topological polar surface area (TPSA) is 46.6 Å². The van der Waals surface area contributed by atoms with Gasteiger partial charge in [-0.2, -0.15) is 0 Å². The number of carbonyl (C=O) groups excluding carboxylic acids is 2. The summed E-state index contributed by atoms with van der Waals surface area (Å²) in [4.78, 5) is 26.4. The van der Waals surface area contributed by atoms with Gasteiger partial charge in [-0.05, 0) is 30.0 Å². The molecule has 0 aliphatic heterocycles. The van der Waals surface area contributed by atoms with Gasteiger partial charge in [0.2, 0.25) is 0 Å². The Morgan fingerprint density at radius 1 is 1.17 bits per heavy atom. The predicted octanol–water partition coefficient (Wildman–Crippen LogP) is 3.35. The van der Waals surface area contributed by atoms with E-state index in [4.69, 9.17) is 4.74 Å². The standard InChI is InChI=1S/C18H19NO3S/c1-2-19(13-15-7-4-3-5-8-15)17(20)14-22-18(21)11-10-16-9-6-12-23-16/h3-12H,2,13-14H2,1H3/b11-10+. The summed E-state index contributed by atoms with van der Waals surface area (Å²) in [5.74, 6) is -0.711. The Balaban J connectivity index is 1.81. The first-order valence-corrected chi connectivity index (χ1v) is 8.27. The summed E-state index contributed by atoms with van der Waals surface area (Å²) < 4.78 is 5.01. The highest BCUT2D eigenvalue weighted by atomic mass is 32.1. The molecule has 2 rings (SSSR count). The third-order valence-corrected chi connectivity index (χ3v) is 4.05. The summed E-state index contributed by atoms with van der Waals surface area (Å²) in [6.45, 7) is 2.74. The minimum atomic E-state index is -0.512. The van der Waals surface area contributed by atoms with Crippen molar-refractivity contribution < 1.29 is 14.3 Å². The molecule has 0 saturated carbocycles. The number of nitrogens with zero attached hydrogens (tertiary/aromatic N) is 1. The molecule has 0 atom stereocenters. The Hall–Kier alpha value is -2.40. The molecule has 1 aromatic heterocycles. The van der Waals surface area contributed by atoms with Gasteiger partial charge in [-0.1, -0.05) is 36.4 Å². The minimum absolute atomic E-state index is 0.200. The first-order chi connectivity index (χ1) is 11.2. The van der Waals surface area contributed by atoms with Gasteiger partial charge in [-0.25, -0.2) is 4.79 Å². The van der Waals surface area contributed by atoms with Crippen LogP contribution < -0.4 is 0 Å². The summed E-state index contributed by atoms with van der Waals surface area (Å²) in [6, 6.07) is 13.5. The monoisotopic (exact) mass is 329 g/mol. The van der Waals surface area contributed by atoms with Crippen LogP contribution in [0, 0.1) is 0 Å². The lowest BCUT2D eigenvalue weighted by Gasteiger charge is -2.20. The zero-order valence-electron chi connectivity index (χ0n) is 13.0. The van der Waals surface area contributed by atoms with Crippen LogP contribution in [0.5, 0.6) is 0 Å². The Bertz CT molecular complexity index is 650. The van der Waals surface area contributed by atoms with E-state index in [1.165, 1.54) is 17.4 Å². The van der Waals surface area contributed by atoms with Crippen LogP contribution in [0.2, 0.25) is 0 Å². The van der Waals surface area contributed by atoms with E-state index in [0.717, 1.165) is 10.4 Å². The number of esters is 1. The number of hydrogen-bond acceptors (Lipinski definition) is 4. The van der Waals surface area contributed by atoms with E-state index in [2.05, 4.69) is 0 Å². The van der Waals surface area contributed by atoms with E-state index < -0.39 is 5.97 Å². The van der Waals surface area contributed by atoms with Crippen LogP contribution in [-0.2, 0) is 20.9 Å². The Morgan fingerprint density at radius 3 is 2.61 bits per heavy atom. The van der Waals surface area contributed by atoms with Crippen molar-refractivity contribution in [1.29, 1.82) is 0 Å². The molecule has 1 amide bonds. The molecule has 4 nitrogen and oxygen atoms in total. The van der Waals surface area contributed by atoms with Gasteiger partial charge in [0.1, 0.15) is 0 Å². The van der Waals surface area contributed by atoms with E-state index in [1.54, 1.807) is 11.0 Å². The zero-order chi connectivity index (χ0) is 16.5. The summed E-state index contributed by atoms with van der Waals surface area (Å²) in [7, 11) is 0. The minimum Gasteiger partial charge on any atom is -0.452 e. The van der Waals surface area contributed by atoms with Gasteiger partial charge in [-0.15, -0.1) is 11.3 Å². The van der Waals surface area contributed by atoms with Crippen molar-refractivity contribution in [3.63, 3.8) is 0 Å². The molecule has 120 valence electrons. The second-order valence-electron chi connectivity index (χ2n) is 4.85. The van der Waals surface area contributed by atoms with Crippen LogP contribution in [0.25, 0.3) is 6.08 Å². The van der Waals surface area contributed by atoms with Crippen LogP contribution in [0.4, 0.5) is 0 Å². The van der Waals surface area contributed by atoms with Crippen LogP contribution in [0.3, 0.4) is 0 Å². The smallest absolute Gasteiger partial charge is 0.331 e. The number of amides is 1. The molecule has 0 saturated heterocycles. The zero-order valence-corrected chi connectivity index (χ0v) is 13.8. The fourth-order valence-electron chi connectivity index (χ4n) is 1.99. The number of likely N-dealkylation sites (N-methyl/N-ethyl adjacent to an activating group) is 1. The second kappa shape index (κ2) is 8.90. The quantitative estimate of drug-likeness (QED) is 0.578. The molecule has 1 aromatic carbocycles. The molecule has 2 aromatic rings. The number of thiophene rings is 1. The lowest BCUT2D eigenvalue weighted by molar-refractivity contribution is -0.148. The molecule has 0 N–H and O–H groups in total. The third-order valence-electron chi connectivity index (χ3n) is 3.22. The molecule has 0 fully saturated rings.